The molecule has 0 amide bonds. The number of thioether (sulfide) groups is 1. The average molecular weight is 251 g/mol. The van der Waals surface area contributed by atoms with E-state index in [4.69, 9.17) is 10.8 Å². The van der Waals surface area contributed by atoms with Gasteiger partial charge in [-0.25, -0.2) is 0 Å². The number of alkyl halides is 3. The molecule has 0 unspecified atom stereocenters. The number of hydrogen-bond acceptors (Lipinski definition) is 3. The first kappa shape index (κ1) is 12.9. The summed E-state index contributed by atoms with van der Waals surface area (Å²) < 4.78 is 36.5. The van der Waals surface area contributed by atoms with Crippen LogP contribution in [0.2, 0.25) is 0 Å². The lowest BCUT2D eigenvalue weighted by Crippen LogP contribution is -2.21. The van der Waals surface area contributed by atoms with E-state index in [1.165, 1.54) is 24.3 Å². The quantitative estimate of drug-likeness (QED) is 0.809. The van der Waals surface area contributed by atoms with Crippen LogP contribution in [-0.4, -0.2) is 16.6 Å². The number of halogens is 3. The van der Waals surface area contributed by atoms with Crippen LogP contribution in [0.25, 0.3) is 0 Å². The monoisotopic (exact) mass is 251 g/mol. The summed E-state index contributed by atoms with van der Waals surface area (Å²) in [5.74, 6) is -1.37. The van der Waals surface area contributed by atoms with Crippen molar-refractivity contribution in [2.75, 3.05) is 0 Å². The molecule has 0 aliphatic heterocycles. The molecule has 0 aliphatic rings. The van der Waals surface area contributed by atoms with Gasteiger partial charge in [0.2, 0.25) is 0 Å². The number of nitrogens with two attached hydrogens (primary N) is 1. The molecule has 0 radical (unpaired) electrons. The van der Waals surface area contributed by atoms with Crippen molar-refractivity contribution in [1.29, 1.82) is 0 Å². The van der Waals surface area contributed by atoms with E-state index in [0.717, 1.165) is 0 Å². The van der Waals surface area contributed by atoms with Crippen molar-refractivity contribution in [3.8, 4) is 0 Å². The minimum atomic E-state index is -4.46. The summed E-state index contributed by atoms with van der Waals surface area (Å²) in [6, 6.07) is 3.85. The van der Waals surface area contributed by atoms with Gasteiger partial charge in [0.05, 0.1) is 0 Å². The molecular formula is C9H8F3NO2S. The first-order chi connectivity index (χ1) is 7.31. The van der Waals surface area contributed by atoms with Gasteiger partial charge in [-0.3, -0.25) is 4.79 Å². The largest absolute Gasteiger partial charge is 0.480 e. The Kier molecular flexibility index (Phi) is 3.82. The van der Waals surface area contributed by atoms with E-state index in [0.29, 0.717) is 0 Å². The molecule has 3 nitrogen and oxygen atoms in total. The van der Waals surface area contributed by atoms with Crippen LogP contribution in [0.1, 0.15) is 11.6 Å². The first-order valence-electron chi connectivity index (χ1n) is 4.14. The van der Waals surface area contributed by atoms with Crippen molar-refractivity contribution in [3.05, 3.63) is 29.8 Å². The van der Waals surface area contributed by atoms with Crippen molar-refractivity contribution in [1.82, 2.24) is 0 Å². The molecule has 1 atom stereocenters. The van der Waals surface area contributed by atoms with Gasteiger partial charge in [-0.1, -0.05) is 18.2 Å². The third-order valence-corrected chi connectivity index (χ3v) is 2.57. The number of benzene rings is 1. The third-order valence-electron chi connectivity index (χ3n) is 1.75. The van der Waals surface area contributed by atoms with Crippen molar-refractivity contribution in [3.63, 3.8) is 0 Å². The summed E-state index contributed by atoms with van der Waals surface area (Å²) in [6.45, 7) is 0. The van der Waals surface area contributed by atoms with E-state index >= 15 is 0 Å². The Morgan fingerprint density at radius 3 is 2.44 bits per heavy atom. The van der Waals surface area contributed by atoms with Crippen LogP contribution < -0.4 is 5.73 Å². The van der Waals surface area contributed by atoms with Crippen molar-refractivity contribution < 1.29 is 23.1 Å². The van der Waals surface area contributed by atoms with Gasteiger partial charge >= 0.3 is 11.5 Å². The Hall–Kier alpha value is -1.21. The average Bonchev–Trinajstić information content (AvgIpc) is 2.15. The van der Waals surface area contributed by atoms with Gasteiger partial charge in [0.1, 0.15) is 6.04 Å². The van der Waals surface area contributed by atoms with E-state index in [1.54, 1.807) is 0 Å². The smallest absolute Gasteiger partial charge is 0.446 e. The second kappa shape index (κ2) is 4.75. The summed E-state index contributed by atoms with van der Waals surface area (Å²) in [4.78, 5) is 10.4. The van der Waals surface area contributed by atoms with Gasteiger partial charge in [0, 0.05) is 4.90 Å². The van der Waals surface area contributed by atoms with Gasteiger partial charge in [0.25, 0.3) is 0 Å². The number of carbonyl (C=O) groups is 1. The first-order valence-corrected chi connectivity index (χ1v) is 4.96. The zero-order valence-corrected chi connectivity index (χ0v) is 8.68. The Morgan fingerprint density at radius 1 is 1.38 bits per heavy atom. The SMILES string of the molecule is N[C@H](C(=O)O)c1ccccc1SC(F)(F)F. The Bertz CT molecular complexity index is 395. The number of carboxylic acid groups (broad SMARTS) is 1. The molecule has 0 spiro atoms. The predicted octanol–water partition coefficient (Wildman–Crippen LogP) is 2.38. The fraction of sp³-hybridized carbons (Fsp3) is 0.222. The van der Waals surface area contributed by atoms with Crippen LogP contribution in [0.5, 0.6) is 0 Å². The van der Waals surface area contributed by atoms with Crippen LogP contribution >= 0.6 is 11.8 Å². The lowest BCUT2D eigenvalue weighted by Gasteiger charge is -2.13. The molecule has 1 aromatic carbocycles. The van der Waals surface area contributed by atoms with Crippen LogP contribution in [0, 0.1) is 0 Å². The normalized spacial score (nSPS) is 13.5. The zero-order valence-electron chi connectivity index (χ0n) is 7.86. The molecule has 16 heavy (non-hydrogen) atoms. The van der Waals surface area contributed by atoms with Crippen LogP contribution in [0.3, 0.4) is 0 Å². The van der Waals surface area contributed by atoms with Gasteiger partial charge < -0.3 is 10.8 Å². The number of rotatable bonds is 3. The molecule has 3 N–H and O–H groups in total. The molecule has 88 valence electrons. The number of aliphatic carboxylic acids is 1. The minimum Gasteiger partial charge on any atom is -0.480 e. The molecule has 0 bridgehead atoms. The second-order valence-electron chi connectivity index (χ2n) is 2.90. The van der Waals surface area contributed by atoms with E-state index in [9.17, 15) is 18.0 Å². The van der Waals surface area contributed by atoms with Crippen molar-refractivity contribution in [2.24, 2.45) is 5.73 Å². The highest BCUT2D eigenvalue weighted by Crippen LogP contribution is 2.39. The van der Waals surface area contributed by atoms with Gasteiger partial charge in [0.15, 0.2) is 0 Å². The summed E-state index contributed by atoms with van der Waals surface area (Å²) in [5, 5.41) is 8.64. The summed E-state index contributed by atoms with van der Waals surface area (Å²) >= 11 is -0.370. The van der Waals surface area contributed by atoms with E-state index in [2.05, 4.69) is 0 Å². The molecular weight excluding hydrogens is 243 g/mol. The van der Waals surface area contributed by atoms with E-state index < -0.39 is 17.5 Å². The molecule has 1 rings (SSSR count). The molecule has 0 aromatic heterocycles. The third kappa shape index (κ3) is 3.42. The highest BCUT2D eigenvalue weighted by atomic mass is 32.2. The number of hydrogen-bond donors (Lipinski definition) is 2. The molecule has 0 heterocycles. The minimum absolute atomic E-state index is 0.0441. The molecule has 0 aliphatic carbocycles. The number of carboxylic acids is 1. The Labute approximate surface area is 93.4 Å². The summed E-state index contributed by atoms with van der Waals surface area (Å²) in [6.07, 6.45) is 0. The van der Waals surface area contributed by atoms with Gasteiger partial charge in [-0.15, -0.1) is 0 Å². The van der Waals surface area contributed by atoms with Crippen LogP contribution in [-0.2, 0) is 4.79 Å². The molecule has 0 saturated carbocycles. The van der Waals surface area contributed by atoms with Gasteiger partial charge in [-0.05, 0) is 23.4 Å². The van der Waals surface area contributed by atoms with Crippen LogP contribution in [0.4, 0.5) is 13.2 Å². The molecule has 0 fully saturated rings. The Morgan fingerprint density at radius 2 is 1.94 bits per heavy atom. The van der Waals surface area contributed by atoms with Crippen LogP contribution in [0.15, 0.2) is 29.2 Å². The Balaban J connectivity index is 3.05. The van der Waals surface area contributed by atoms with Crippen molar-refractivity contribution >= 4 is 17.7 Å². The molecule has 0 saturated heterocycles. The van der Waals surface area contributed by atoms with Crippen molar-refractivity contribution in [2.45, 2.75) is 16.4 Å². The lowest BCUT2D eigenvalue weighted by molar-refractivity contribution is -0.138. The maximum atomic E-state index is 12.2. The maximum absolute atomic E-state index is 12.2. The molecule has 7 heteroatoms. The predicted molar refractivity (Wildman–Crippen MR) is 52.9 cm³/mol. The van der Waals surface area contributed by atoms with E-state index in [-0.39, 0.29) is 22.2 Å². The lowest BCUT2D eigenvalue weighted by atomic mass is 10.1. The fourth-order valence-electron chi connectivity index (χ4n) is 1.09. The second-order valence-corrected chi connectivity index (χ2v) is 4.01. The highest BCUT2D eigenvalue weighted by molar-refractivity contribution is 8.00. The summed E-state index contributed by atoms with van der Waals surface area (Å²) in [7, 11) is 0. The maximum Gasteiger partial charge on any atom is 0.446 e. The highest BCUT2D eigenvalue weighted by Gasteiger charge is 2.31. The standard InChI is InChI=1S/C9H8F3NO2S/c10-9(11,12)16-6-4-2-1-3-5(6)7(13)8(14)15/h1-4,7H,13H2,(H,14,15)/t7-/m0/s1. The zero-order chi connectivity index (χ0) is 12.3. The van der Waals surface area contributed by atoms with Gasteiger partial charge in [-0.2, -0.15) is 13.2 Å². The summed E-state index contributed by atoms with van der Waals surface area (Å²) in [5.41, 5.74) is 0.769. The van der Waals surface area contributed by atoms with E-state index in [1.807, 2.05) is 0 Å². The fourth-order valence-corrected chi connectivity index (χ4v) is 1.80. The topological polar surface area (TPSA) is 63.3 Å². The molecule has 1 aromatic rings.